The number of nitriles is 1. The Kier molecular flexibility index (Phi) is 4.60. The fraction of sp³-hybridized carbons (Fsp3) is 0.100. The second kappa shape index (κ2) is 6.84. The van der Waals surface area contributed by atoms with Crippen LogP contribution in [-0.2, 0) is 0 Å². The summed E-state index contributed by atoms with van der Waals surface area (Å²) in [6, 6.07) is 17.2. The van der Waals surface area contributed by atoms with Crippen LogP contribution in [0.5, 0.6) is 5.75 Å². The number of benzene rings is 2. The van der Waals surface area contributed by atoms with Crippen LogP contribution in [0.2, 0.25) is 5.02 Å². The van der Waals surface area contributed by atoms with Gasteiger partial charge in [0.2, 0.25) is 0 Å². The van der Waals surface area contributed by atoms with Crippen molar-refractivity contribution < 1.29 is 4.74 Å². The molecule has 0 bridgehead atoms. The van der Waals surface area contributed by atoms with Gasteiger partial charge in [-0.15, -0.1) is 0 Å². The monoisotopic (exact) mass is 349 g/mol. The first-order chi connectivity index (χ1) is 12.1. The van der Waals surface area contributed by atoms with Gasteiger partial charge in [-0.2, -0.15) is 5.26 Å². The van der Waals surface area contributed by atoms with E-state index in [1.165, 1.54) is 0 Å². The first-order valence-electron chi connectivity index (χ1n) is 7.66. The Hall–Kier alpha value is -3.03. The van der Waals surface area contributed by atoms with E-state index < -0.39 is 0 Å². The molecule has 124 valence electrons. The Balaban J connectivity index is 2.45. The van der Waals surface area contributed by atoms with E-state index in [2.05, 4.69) is 11.1 Å². The molecule has 2 N–H and O–H groups in total. The van der Waals surface area contributed by atoms with E-state index in [0.717, 1.165) is 22.4 Å². The van der Waals surface area contributed by atoms with Crippen LogP contribution in [0.15, 0.2) is 48.5 Å². The number of halogens is 1. The van der Waals surface area contributed by atoms with Crippen LogP contribution in [-0.4, -0.2) is 12.1 Å². The van der Waals surface area contributed by atoms with E-state index in [9.17, 15) is 5.26 Å². The number of hydrogen-bond donors (Lipinski definition) is 1. The molecule has 5 heteroatoms. The lowest BCUT2D eigenvalue weighted by atomic mass is 9.90. The summed E-state index contributed by atoms with van der Waals surface area (Å²) in [5.74, 6) is 0.901. The molecule has 25 heavy (non-hydrogen) atoms. The molecule has 4 nitrogen and oxygen atoms in total. The maximum absolute atomic E-state index is 9.68. The molecular weight excluding hydrogens is 334 g/mol. The maximum atomic E-state index is 9.68. The van der Waals surface area contributed by atoms with E-state index in [1.54, 1.807) is 13.2 Å². The maximum Gasteiger partial charge on any atom is 0.142 e. The van der Waals surface area contributed by atoms with Crippen molar-refractivity contribution in [3.63, 3.8) is 0 Å². The minimum atomic E-state index is 0.202. The van der Waals surface area contributed by atoms with Gasteiger partial charge in [0.1, 0.15) is 23.2 Å². The van der Waals surface area contributed by atoms with Crippen molar-refractivity contribution in [1.82, 2.24) is 4.98 Å². The van der Waals surface area contributed by atoms with Crippen molar-refractivity contribution in [3.05, 3.63) is 64.8 Å². The first kappa shape index (κ1) is 16.8. The fourth-order valence-electron chi connectivity index (χ4n) is 2.95. The lowest BCUT2D eigenvalue weighted by molar-refractivity contribution is 0.416. The molecule has 3 aromatic rings. The third-order valence-electron chi connectivity index (χ3n) is 4.01. The molecule has 0 aliphatic carbocycles. The van der Waals surface area contributed by atoms with Gasteiger partial charge < -0.3 is 10.5 Å². The van der Waals surface area contributed by atoms with E-state index >= 15 is 0 Å². The predicted molar refractivity (Wildman–Crippen MR) is 101 cm³/mol. The Morgan fingerprint density at radius 3 is 2.56 bits per heavy atom. The third-order valence-corrected chi connectivity index (χ3v) is 4.24. The van der Waals surface area contributed by atoms with Crippen LogP contribution in [0.1, 0.15) is 11.3 Å². The van der Waals surface area contributed by atoms with Gasteiger partial charge in [0.05, 0.1) is 7.11 Å². The number of aromatic nitrogens is 1. The zero-order valence-electron chi connectivity index (χ0n) is 13.9. The molecule has 0 saturated carbocycles. The largest absolute Gasteiger partial charge is 0.496 e. The highest BCUT2D eigenvalue weighted by molar-refractivity contribution is 6.30. The lowest BCUT2D eigenvalue weighted by Gasteiger charge is -2.18. The summed E-state index contributed by atoms with van der Waals surface area (Å²) in [5.41, 5.74) is 10.2. The van der Waals surface area contributed by atoms with Crippen molar-refractivity contribution in [2.24, 2.45) is 0 Å². The minimum absolute atomic E-state index is 0.202. The average Bonchev–Trinajstić information content (AvgIpc) is 2.61. The summed E-state index contributed by atoms with van der Waals surface area (Å²) in [5, 5.41) is 10.3. The van der Waals surface area contributed by atoms with Crippen molar-refractivity contribution in [1.29, 1.82) is 5.26 Å². The minimum Gasteiger partial charge on any atom is -0.496 e. The lowest BCUT2D eigenvalue weighted by Crippen LogP contribution is -2.04. The van der Waals surface area contributed by atoms with Gasteiger partial charge in [-0.05, 0) is 30.7 Å². The van der Waals surface area contributed by atoms with Crippen LogP contribution in [0.25, 0.3) is 22.3 Å². The van der Waals surface area contributed by atoms with Crippen LogP contribution >= 0.6 is 11.6 Å². The number of nitrogen functional groups attached to an aromatic ring is 1. The topological polar surface area (TPSA) is 71.9 Å². The number of hydrogen-bond acceptors (Lipinski definition) is 4. The molecule has 0 atom stereocenters. The number of rotatable bonds is 3. The van der Waals surface area contributed by atoms with Crippen LogP contribution in [0.3, 0.4) is 0 Å². The van der Waals surface area contributed by atoms with Crippen molar-refractivity contribution >= 4 is 17.4 Å². The number of nitrogens with two attached hydrogens (primary N) is 1. The molecule has 1 aromatic heterocycles. The molecule has 0 aliphatic rings. The van der Waals surface area contributed by atoms with E-state index in [-0.39, 0.29) is 5.82 Å². The highest BCUT2D eigenvalue weighted by Gasteiger charge is 2.21. The second-order valence-corrected chi connectivity index (χ2v) is 5.97. The summed E-state index contributed by atoms with van der Waals surface area (Å²) in [6.45, 7) is 1.87. The van der Waals surface area contributed by atoms with Gasteiger partial charge >= 0.3 is 0 Å². The molecule has 0 fully saturated rings. The van der Waals surface area contributed by atoms with Crippen LogP contribution in [0, 0.1) is 18.3 Å². The number of pyridine rings is 1. The zero-order valence-corrected chi connectivity index (χ0v) is 14.6. The summed E-state index contributed by atoms with van der Waals surface area (Å²) >= 11 is 6.17. The van der Waals surface area contributed by atoms with E-state index in [4.69, 9.17) is 22.1 Å². The number of anilines is 1. The van der Waals surface area contributed by atoms with Gasteiger partial charge in [0.25, 0.3) is 0 Å². The molecule has 1 heterocycles. The molecular formula is C20H16ClN3O. The molecule has 0 radical (unpaired) electrons. The van der Waals surface area contributed by atoms with Gasteiger partial charge in [-0.3, -0.25) is 0 Å². The summed E-state index contributed by atoms with van der Waals surface area (Å²) in [4.78, 5) is 4.37. The molecule has 0 unspecified atom stereocenters. The average molecular weight is 350 g/mol. The first-order valence-corrected chi connectivity index (χ1v) is 8.04. The SMILES string of the molecule is COc1ccccc1-c1c(C)nc(N)c(C#N)c1-c1cccc(Cl)c1. The number of aryl methyl sites for hydroxylation is 1. The molecule has 2 aromatic carbocycles. The standard InChI is InChI=1S/C20H16ClN3O/c1-12-18(15-8-3-4-9-17(15)25-2)19(16(11-22)20(23)24-12)13-6-5-7-14(21)10-13/h3-10H,1-2H3,(H2,23,24). The Labute approximate surface area is 151 Å². The van der Waals surface area contributed by atoms with E-state index in [0.29, 0.717) is 21.9 Å². The quantitative estimate of drug-likeness (QED) is 0.734. The number of para-hydroxylation sites is 1. The van der Waals surface area contributed by atoms with Crippen LogP contribution < -0.4 is 10.5 Å². The molecule has 0 spiro atoms. The predicted octanol–water partition coefficient (Wildman–Crippen LogP) is 4.84. The molecule has 0 aliphatic heterocycles. The highest BCUT2D eigenvalue weighted by atomic mass is 35.5. The van der Waals surface area contributed by atoms with Gasteiger partial charge in [0.15, 0.2) is 0 Å². The number of methoxy groups -OCH3 is 1. The summed E-state index contributed by atoms with van der Waals surface area (Å²) in [7, 11) is 1.61. The van der Waals surface area contributed by atoms with Gasteiger partial charge in [-0.25, -0.2) is 4.98 Å². The van der Waals surface area contributed by atoms with Crippen LogP contribution in [0.4, 0.5) is 5.82 Å². The zero-order chi connectivity index (χ0) is 18.0. The van der Waals surface area contributed by atoms with Crippen molar-refractivity contribution in [2.45, 2.75) is 6.92 Å². The Morgan fingerprint density at radius 1 is 1.12 bits per heavy atom. The summed E-state index contributed by atoms with van der Waals surface area (Å²) in [6.07, 6.45) is 0. The van der Waals surface area contributed by atoms with Gasteiger partial charge in [0, 0.05) is 27.4 Å². The Bertz CT molecular complexity index is 993. The van der Waals surface area contributed by atoms with Crippen molar-refractivity contribution in [3.8, 4) is 34.1 Å². The smallest absolute Gasteiger partial charge is 0.142 e. The van der Waals surface area contributed by atoms with Gasteiger partial charge in [-0.1, -0.05) is 41.9 Å². The summed E-state index contributed by atoms with van der Waals surface area (Å²) < 4.78 is 5.51. The molecule has 0 amide bonds. The number of nitrogens with zero attached hydrogens (tertiary/aromatic N) is 2. The second-order valence-electron chi connectivity index (χ2n) is 5.53. The molecule has 3 rings (SSSR count). The van der Waals surface area contributed by atoms with E-state index in [1.807, 2.05) is 49.4 Å². The molecule has 0 saturated heterocycles. The highest BCUT2D eigenvalue weighted by Crippen LogP contribution is 2.42. The van der Waals surface area contributed by atoms with Crippen molar-refractivity contribution in [2.75, 3.05) is 12.8 Å². The third kappa shape index (κ3) is 3.02. The Morgan fingerprint density at radius 2 is 1.88 bits per heavy atom. The number of ether oxygens (including phenoxy) is 1. The fourth-order valence-corrected chi connectivity index (χ4v) is 3.14. The normalized spacial score (nSPS) is 10.3.